The molecule has 1 aromatic carbocycles. The van der Waals surface area contributed by atoms with Gasteiger partial charge in [0.1, 0.15) is 5.69 Å². The molecule has 0 bridgehead atoms. The number of benzene rings is 1. The van der Waals surface area contributed by atoms with Gasteiger partial charge in [0.25, 0.3) is 5.91 Å². The van der Waals surface area contributed by atoms with Gasteiger partial charge < -0.3 is 10.3 Å². The molecule has 0 aliphatic heterocycles. The Morgan fingerprint density at radius 3 is 2.83 bits per heavy atom. The first-order chi connectivity index (χ1) is 11.6. The minimum atomic E-state index is -0.324. The van der Waals surface area contributed by atoms with Gasteiger partial charge in [-0.05, 0) is 31.2 Å². The van der Waals surface area contributed by atoms with E-state index in [4.69, 9.17) is 11.6 Å². The normalized spacial score (nSPS) is 10.9. The van der Waals surface area contributed by atoms with Gasteiger partial charge in [-0.1, -0.05) is 40.6 Å². The molecule has 0 unspecified atom stereocenters. The number of aryl methyl sites for hydroxylation is 1. The van der Waals surface area contributed by atoms with E-state index in [1.807, 2.05) is 31.2 Å². The number of hydrogen-bond donors (Lipinski definition) is 3. The average Bonchev–Trinajstić information content (AvgIpc) is 3.20. The molecule has 0 aliphatic rings. The number of nitrogens with zero attached hydrogens (tertiary/aromatic N) is 2. The van der Waals surface area contributed by atoms with Crippen molar-refractivity contribution in [2.75, 3.05) is 5.32 Å². The van der Waals surface area contributed by atoms with E-state index in [-0.39, 0.29) is 5.91 Å². The van der Waals surface area contributed by atoms with Crippen LogP contribution in [-0.2, 0) is 0 Å². The Labute approximate surface area is 147 Å². The third-order valence-corrected chi connectivity index (χ3v) is 4.41. The highest BCUT2D eigenvalue weighted by Crippen LogP contribution is 2.27. The van der Waals surface area contributed by atoms with Crippen molar-refractivity contribution in [3.63, 3.8) is 0 Å². The molecule has 0 atom stereocenters. The summed E-state index contributed by atoms with van der Waals surface area (Å²) < 4.78 is 0. The number of carbonyl (C=O) groups excluding carboxylic acids is 1. The Balaban J connectivity index is 1.64. The summed E-state index contributed by atoms with van der Waals surface area (Å²) in [5.41, 5.74) is 4.97. The third-order valence-electron chi connectivity index (χ3n) is 3.10. The lowest BCUT2D eigenvalue weighted by atomic mass is 10.2. The highest BCUT2D eigenvalue weighted by Gasteiger charge is 2.08. The van der Waals surface area contributed by atoms with E-state index in [0.29, 0.717) is 20.9 Å². The summed E-state index contributed by atoms with van der Waals surface area (Å²) in [6.07, 6.45) is 3.14. The quantitative estimate of drug-likeness (QED) is 0.476. The molecule has 8 heteroatoms. The standard InChI is InChI=1S/C16H14ClN5OS/c1-10-4-6-11(7-5-10)20-16-21-14(17)13(24-16)9-19-22-15(23)12-3-2-8-18-12/h2-9,18H,1H3,(H,20,21)(H,22,23)/b19-9+. The summed E-state index contributed by atoms with van der Waals surface area (Å²) in [4.78, 5) is 19.4. The molecular formula is C16H14ClN5OS. The van der Waals surface area contributed by atoms with Crippen molar-refractivity contribution in [3.8, 4) is 0 Å². The zero-order valence-electron chi connectivity index (χ0n) is 12.7. The molecule has 2 heterocycles. The van der Waals surface area contributed by atoms with E-state index in [0.717, 1.165) is 5.69 Å². The van der Waals surface area contributed by atoms with E-state index in [2.05, 4.69) is 25.8 Å². The van der Waals surface area contributed by atoms with Crippen molar-refractivity contribution in [2.45, 2.75) is 6.92 Å². The van der Waals surface area contributed by atoms with Crippen molar-refractivity contribution in [1.82, 2.24) is 15.4 Å². The minimum absolute atomic E-state index is 0.324. The summed E-state index contributed by atoms with van der Waals surface area (Å²) in [5, 5.41) is 8.07. The van der Waals surface area contributed by atoms with Crippen molar-refractivity contribution in [3.05, 3.63) is 63.9 Å². The molecule has 122 valence electrons. The van der Waals surface area contributed by atoms with Gasteiger partial charge in [0.15, 0.2) is 10.3 Å². The molecule has 0 saturated heterocycles. The summed E-state index contributed by atoms with van der Waals surface area (Å²) in [5.74, 6) is -0.324. The highest BCUT2D eigenvalue weighted by molar-refractivity contribution is 7.17. The number of halogens is 1. The SMILES string of the molecule is Cc1ccc(Nc2nc(Cl)c(/C=N/NC(=O)c3ccc[nH]3)s2)cc1. The van der Waals surface area contributed by atoms with Crippen LogP contribution in [0.4, 0.5) is 10.8 Å². The van der Waals surface area contributed by atoms with Crippen LogP contribution in [0.1, 0.15) is 20.9 Å². The third kappa shape index (κ3) is 4.01. The van der Waals surface area contributed by atoms with Crippen LogP contribution in [-0.4, -0.2) is 22.1 Å². The van der Waals surface area contributed by atoms with Crippen LogP contribution in [0.2, 0.25) is 5.15 Å². The molecule has 1 amide bonds. The molecule has 3 aromatic rings. The predicted octanol–water partition coefficient (Wildman–Crippen LogP) is 3.94. The number of nitrogens with one attached hydrogen (secondary N) is 3. The summed E-state index contributed by atoms with van der Waals surface area (Å²) >= 11 is 7.45. The molecule has 0 spiro atoms. The average molecular weight is 360 g/mol. The van der Waals surface area contributed by atoms with E-state index < -0.39 is 0 Å². The highest BCUT2D eigenvalue weighted by atomic mass is 35.5. The summed E-state index contributed by atoms with van der Waals surface area (Å²) in [6, 6.07) is 11.4. The second-order valence-corrected chi connectivity index (χ2v) is 6.34. The molecule has 0 fully saturated rings. The van der Waals surface area contributed by atoms with Crippen LogP contribution >= 0.6 is 22.9 Å². The number of anilines is 2. The number of aromatic amines is 1. The van der Waals surface area contributed by atoms with Gasteiger partial charge >= 0.3 is 0 Å². The molecule has 24 heavy (non-hydrogen) atoms. The molecule has 0 saturated carbocycles. The van der Waals surface area contributed by atoms with Crippen LogP contribution in [0.5, 0.6) is 0 Å². The largest absolute Gasteiger partial charge is 0.357 e. The molecular weight excluding hydrogens is 346 g/mol. The Morgan fingerprint density at radius 2 is 2.12 bits per heavy atom. The number of hydrogen-bond acceptors (Lipinski definition) is 5. The number of H-pyrrole nitrogens is 1. The second-order valence-electron chi connectivity index (χ2n) is 4.95. The lowest BCUT2D eigenvalue weighted by Crippen LogP contribution is -2.17. The summed E-state index contributed by atoms with van der Waals surface area (Å²) in [7, 11) is 0. The Morgan fingerprint density at radius 1 is 1.33 bits per heavy atom. The second kappa shape index (κ2) is 7.29. The number of amides is 1. The Kier molecular flexibility index (Phi) is 4.93. The first kappa shape index (κ1) is 16.2. The Hall–Kier alpha value is -2.64. The Bertz CT molecular complexity index is 855. The molecule has 2 aromatic heterocycles. The fourth-order valence-electron chi connectivity index (χ4n) is 1.89. The zero-order chi connectivity index (χ0) is 16.9. The number of hydrazone groups is 1. The minimum Gasteiger partial charge on any atom is -0.357 e. The first-order valence-corrected chi connectivity index (χ1v) is 8.28. The fraction of sp³-hybridized carbons (Fsp3) is 0.0625. The molecule has 0 aliphatic carbocycles. The van der Waals surface area contributed by atoms with Crippen molar-refractivity contribution in [1.29, 1.82) is 0 Å². The van der Waals surface area contributed by atoms with Gasteiger partial charge in [-0.25, -0.2) is 10.4 Å². The molecule has 3 rings (SSSR count). The molecule has 3 N–H and O–H groups in total. The molecule has 6 nitrogen and oxygen atoms in total. The van der Waals surface area contributed by atoms with Gasteiger partial charge in [0.2, 0.25) is 0 Å². The van der Waals surface area contributed by atoms with Crippen molar-refractivity contribution in [2.24, 2.45) is 5.10 Å². The maximum atomic E-state index is 11.7. The summed E-state index contributed by atoms with van der Waals surface area (Å²) in [6.45, 7) is 2.03. The topological polar surface area (TPSA) is 82.2 Å². The van der Waals surface area contributed by atoms with E-state index in [1.54, 1.807) is 18.3 Å². The lowest BCUT2D eigenvalue weighted by molar-refractivity contribution is 0.0951. The fourth-order valence-corrected chi connectivity index (χ4v) is 2.94. The number of thiazole rings is 1. The van der Waals surface area contributed by atoms with Crippen LogP contribution in [0.3, 0.4) is 0 Å². The van der Waals surface area contributed by atoms with E-state index in [1.165, 1.54) is 23.1 Å². The first-order valence-electron chi connectivity index (χ1n) is 7.08. The van der Waals surface area contributed by atoms with Crippen LogP contribution in [0.25, 0.3) is 0 Å². The maximum absolute atomic E-state index is 11.7. The van der Waals surface area contributed by atoms with Gasteiger partial charge in [0.05, 0.1) is 11.1 Å². The maximum Gasteiger partial charge on any atom is 0.287 e. The van der Waals surface area contributed by atoms with E-state index in [9.17, 15) is 4.79 Å². The number of rotatable bonds is 5. The zero-order valence-corrected chi connectivity index (χ0v) is 14.3. The molecule has 0 radical (unpaired) electrons. The number of aromatic nitrogens is 2. The monoisotopic (exact) mass is 359 g/mol. The smallest absolute Gasteiger partial charge is 0.287 e. The van der Waals surface area contributed by atoms with Gasteiger partial charge in [-0.15, -0.1) is 0 Å². The van der Waals surface area contributed by atoms with Gasteiger partial charge in [-0.2, -0.15) is 5.10 Å². The van der Waals surface area contributed by atoms with Crippen LogP contribution in [0, 0.1) is 6.92 Å². The lowest BCUT2D eigenvalue weighted by Gasteiger charge is -2.01. The van der Waals surface area contributed by atoms with Crippen molar-refractivity contribution >= 4 is 45.9 Å². The van der Waals surface area contributed by atoms with Crippen LogP contribution < -0.4 is 10.7 Å². The van der Waals surface area contributed by atoms with Gasteiger partial charge in [0, 0.05) is 11.9 Å². The number of carbonyl (C=O) groups is 1. The van der Waals surface area contributed by atoms with E-state index >= 15 is 0 Å². The van der Waals surface area contributed by atoms with Gasteiger partial charge in [-0.3, -0.25) is 4.79 Å². The van der Waals surface area contributed by atoms with Crippen molar-refractivity contribution < 1.29 is 4.79 Å². The van der Waals surface area contributed by atoms with Crippen LogP contribution in [0.15, 0.2) is 47.7 Å². The predicted molar refractivity (Wildman–Crippen MR) is 97.4 cm³/mol.